The maximum Gasteiger partial charge on any atom is 0.354 e. The third-order valence-corrected chi connectivity index (χ3v) is 7.61. The van der Waals surface area contributed by atoms with Gasteiger partial charge in [-0.25, -0.2) is 9.78 Å². The minimum absolute atomic E-state index is 0.398. The fourth-order valence-electron chi connectivity index (χ4n) is 5.02. The van der Waals surface area contributed by atoms with Crippen molar-refractivity contribution in [1.29, 1.82) is 0 Å². The van der Waals surface area contributed by atoms with Crippen molar-refractivity contribution in [1.82, 2.24) is 19.8 Å². The summed E-state index contributed by atoms with van der Waals surface area (Å²) in [6, 6.07) is 18.7. The van der Waals surface area contributed by atoms with Crippen molar-refractivity contribution in [2.75, 3.05) is 51.0 Å². The Morgan fingerprint density at radius 1 is 1.00 bits per heavy atom. The van der Waals surface area contributed by atoms with Crippen LogP contribution in [0.2, 0.25) is 0 Å². The van der Waals surface area contributed by atoms with Crippen molar-refractivity contribution in [2.45, 2.75) is 26.3 Å². The van der Waals surface area contributed by atoms with Crippen molar-refractivity contribution < 1.29 is 9.53 Å². The number of methoxy groups -OCH3 is 1. The van der Waals surface area contributed by atoms with Crippen LogP contribution >= 0.6 is 12.2 Å². The number of aryl methyl sites for hydroxylation is 3. The quantitative estimate of drug-likeness (QED) is 0.207. The molecule has 0 bridgehead atoms. The highest BCUT2D eigenvalue weighted by Crippen LogP contribution is 2.21. The summed E-state index contributed by atoms with van der Waals surface area (Å²) in [5.41, 5.74) is 7.88. The van der Waals surface area contributed by atoms with Crippen molar-refractivity contribution >= 4 is 45.7 Å². The summed E-state index contributed by atoms with van der Waals surface area (Å²) >= 11 is 5.64. The van der Waals surface area contributed by atoms with Gasteiger partial charge < -0.3 is 25.3 Å². The van der Waals surface area contributed by atoms with E-state index in [0.29, 0.717) is 16.5 Å². The molecular weight excluding hydrogens is 520 g/mol. The summed E-state index contributed by atoms with van der Waals surface area (Å²) in [5, 5.41) is 8.16. The van der Waals surface area contributed by atoms with Gasteiger partial charge in [0.2, 0.25) is 0 Å². The smallest absolute Gasteiger partial charge is 0.354 e. The van der Waals surface area contributed by atoms with Crippen LogP contribution in [0.1, 0.15) is 32.7 Å². The molecule has 1 aliphatic heterocycles. The van der Waals surface area contributed by atoms with Gasteiger partial charge in [-0.15, -0.1) is 0 Å². The molecule has 0 spiro atoms. The van der Waals surface area contributed by atoms with E-state index in [9.17, 15) is 4.79 Å². The van der Waals surface area contributed by atoms with E-state index >= 15 is 0 Å². The van der Waals surface area contributed by atoms with Crippen LogP contribution in [0.25, 0.3) is 11.0 Å². The fourth-order valence-corrected chi connectivity index (χ4v) is 5.26. The molecule has 1 saturated heterocycles. The first-order valence-electron chi connectivity index (χ1n) is 13.6. The minimum Gasteiger partial charge on any atom is -0.464 e. The lowest BCUT2D eigenvalue weighted by Gasteiger charge is -2.32. The predicted molar refractivity (Wildman–Crippen MR) is 165 cm³/mol. The molecule has 3 N–H and O–H groups in total. The Bertz CT molecular complexity index is 1510. The van der Waals surface area contributed by atoms with Crippen molar-refractivity contribution in [2.24, 2.45) is 0 Å². The summed E-state index contributed by atoms with van der Waals surface area (Å²) in [4.78, 5) is 24.2. The highest BCUT2D eigenvalue weighted by molar-refractivity contribution is 7.80. The summed E-state index contributed by atoms with van der Waals surface area (Å²) in [6.45, 7) is 7.49. The van der Waals surface area contributed by atoms with Gasteiger partial charge in [0.15, 0.2) is 5.11 Å². The lowest BCUT2D eigenvalue weighted by Crippen LogP contribution is -2.43. The second-order valence-corrected chi connectivity index (χ2v) is 10.9. The second kappa shape index (κ2) is 12.6. The Morgan fingerprint density at radius 3 is 2.55 bits per heavy atom. The van der Waals surface area contributed by atoms with Gasteiger partial charge in [-0.1, -0.05) is 18.2 Å². The van der Waals surface area contributed by atoms with Crippen LogP contribution in [0.4, 0.5) is 11.4 Å². The summed E-state index contributed by atoms with van der Waals surface area (Å²) in [5.74, 6) is -0.398. The zero-order valence-electron chi connectivity index (χ0n) is 23.3. The number of piperazine rings is 1. The van der Waals surface area contributed by atoms with Crippen molar-refractivity contribution in [3.8, 4) is 0 Å². The van der Waals surface area contributed by atoms with Crippen LogP contribution in [0.15, 0.2) is 60.8 Å². The van der Waals surface area contributed by atoms with Gasteiger partial charge in [0.05, 0.1) is 7.11 Å². The van der Waals surface area contributed by atoms with E-state index in [1.54, 1.807) is 6.07 Å². The monoisotopic (exact) mass is 556 g/mol. The molecule has 2 aromatic carbocycles. The number of thiocarbonyl (C=S) groups is 1. The summed E-state index contributed by atoms with van der Waals surface area (Å²) in [6.07, 6.45) is 3.54. The molecule has 0 saturated carbocycles. The normalized spacial score (nSPS) is 14.3. The number of nitrogens with zero attached hydrogens (tertiary/aromatic N) is 3. The van der Waals surface area contributed by atoms with Crippen molar-refractivity contribution in [3.05, 3.63) is 88.7 Å². The first-order valence-corrected chi connectivity index (χ1v) is 14.0. The van der Waals surface area contributed by atoms with E-state index in [1.807, 2.05) is 12.3 Å². The van der Waals surface area contributed by atoms with Crippen LogP contribution in [0.5, 0.6) is 0 Å². The topological polar surface area (TPSA) is 85.5 Å². The predicted octanol–water partition coefficient (Wildman–Crippen LogP) is 5.00. The minimum atomic E-state index is -0.398. The Kier molecular flexibility index (Phi) is 8.74. The van der Waals surface area contributed by atoms with Crippen molar-refractivity contribution in [3.63, 3.8) is 0 Å². The molecule has 2 aromatic heterocycles. The SMILES string of the molecule is COC(=O)c1cc2cc(CCc3cc(NC(=S)Nc4cccc(CN5CCN(C)CC5)c4)ccc3C)cnc2[nH]1. The van der Waals surface area contributed by atoms with Crippen LogP contribution in [-0.2, 0) is 24.1 Å². The number of hydrogen-bond acceptors (Lipinski definition) is 6. The number of likely N-dealkylation sites (N-methyl/N-ethyl adjacent to an activating group) is 1. The molecule has 0 radical (unpaired) electrons. The molecular formula is C31H36N6O2S. The number of aromatic nitrogens is 2. The number of aromatic amines is 1. The number of pyridine rings is 1. The lowest BCUT2D eigenvalue weighted by atomic mass is 10.0. The first kappa shape index (κ1) is 27.8. The molecule has 9 heteroatoms. The van der Waals surface area contributed by atoms with Crippen LogP contribution < -0.4 is 10.6 Å². The van der Waals surface area contributed by atoms with E-state index in [2.05, 4.69) is 86.8 Å². The summed E-state index contributed by atoms with van der Waals surface area (Å²) < 4.78 is 4.80. The molecule has 0 amide bonds. The average Bonchev–Trinajstić information content (AvgIpc) is 3.38. The van der Waals surface area contributed by atoms with Crippen LogP contribution in [-0.4, -0.2) is 71.2 Å². The number of ether oxygens (including phenoxy) is 1. The molecule has 3 heterocycles. The summed E-state index contributed by atoms with van der Waals surface area (Å²) in [7, 11) is 3.55. The first-order chi connectivity index (χ1) is 19.4. The number of nitrogens with one attached hydrogen (secondary N) is 3. The number of carbonyl (C=O) groups excluding carboxylic acids is 1. The molecule has 5 rings (SSSR count). The molecule has 4 aromatic rings. The molecule has 40 heavy (non-hydrogen) atoms. The number of anilines is 2. The van der Waals surface area contributed by atoms with Gasteiger partial charge in [-0.05, 0) is 97.7 Å². The number of benzene rings is 2. The maximum atomic E-state index is 11.8. The Labute approximate surface area is 240 Å². The standard InChI is InChI=1S/C31H36N6O2S/c1-21-7-10-27(17-24(21)9-8-22-15-25-18-28(30(38)39-3)35-29(25)32-19-22)34-31(40)33-26-6-4-5-23(16-26)20-37-13-11-36(2)12-14-37/h4-7,10,15-19H,8-9,11-14,20H2,1-3H3,(H,32,35)(H2,33,34,40). The molecule has 1 aliphatic rings. The van der Waals surface area contributed by atoms with E-state index in [0.717, 1.165) is 67.9 Å². The number of hydrogen-bond donors (Lipinski definition) is 3. The van der Waals surface area contributed by atoms with E-state index in [1.165, 1.54) is 23.8 Å². The highest BCUT2D eigenvalue weighted by atomic mass is 32.1. The molecule has 8 nitrogen and oxygen atoms in total. The van der Waals surface area contributed by atoms with Crippen LogP contribution in [0, 0.1) is 6.92 Å². The molecule has 208 valence electrons. The zero-order chi connectivity index (χ0) is 28.1. The number of rotatable bonds is 8. The van der Waals surface area contributed by atoms with E-state index in [4.69, 9.17) is 17.0 Å². The third-order valence-electron chi connectivity index (χ3n) is 7.41. The van der Waals surface area contributed by atoms with Gasteiger partial charge in [0, 0.05) is 55.7 Å². The van der Waals surface area contributed by atoms with Gasteiger partial charge in [-0.2, -0.15) is 0 Å². The largest absolute Gasteiger partial charge is 0.464 e. The fraction of sp³-hybridized carbons (Fsp3) is 0.323. The second-order valence-electron chi connectivity index (χ2n) is 10.5. The molecule has 0 aliphatic carbocycles. The maximum absolute atomic E-state index is 11.8. The van der Waals surface area contributed by atoms with E-state index in [-0.39, 0.29) is 0 Å². The Hall–Kier alpha value is -3.79. The van der Waals surface area contributed by atoms with Crippen LogP contribution in [0.3, 0.4) is 0 Å². The number of carbonyl (C=O) groups is 1. The van der Waals surface area contributed by atoms with Gasteiger partial charge in [-0.3, -0.25) is 4.90 Å². The molecule has 0 atom stereocenters. The molecule has 0 unspecified atom stereocenters. The molecule has 1 fully saturated rings. The Balaban J connectivity index is 1.18. The van der Waals surface area contributed by atoms with Gasteiger partial charge in [0.25, 0.3) is 0 Å². The number of esters is 1. The van der Waals surface area contributed by atoms with Gasteiger partial charge in [0.1, 0.15) is 11.3 Å². The third kappa shape index (κ3) is 7.04. The highest BCUT2D eigenvalue weighted by Gasteiger charge is 2.14. The van der Waals surface area contributed by atoms with Gasteiger partial charge >= 0.3 is 5.97 Å². The Morgan fingerprint density at radius 2 is 1.77 bits per heavy atom. The zero-order valence-corrected chi connectivity index (χ0v) is 24.1. The average molecular weight is 557 g/mol. The van der Waals surface area contributed by atoms with E-state index < -0.39 is 5.97 Å². The lowest BCUT2D eigenvalue weighted by molar-refractivity contribution is 0.0595. The number of H-pyrrole nitrogens is 1. The number of fused-ring (bicyclic) bond motifs is 1.